The van der Waals surface area contributed by atoms with Gasteiger partial charge in [0.1, 0.15) is 5.75 Å². The Morgan fingerprint density at radius 2 is 1.85 bits per heavy atom. The molecule has 1 fully saturated rings. The van der Waals surface area contributed by atoms with Crippen molar-refractivity contribution in [1.29, 1.82) is 0 Å². The molecule has 0 amide bonds. The first-order valence-corrected chi connectivity index (χ1v) is 9.60. The average molecular weight is 434 g/mol. The van der Waals surface area contributed by atoms with Crippen molar-refractivity contribution < 1.29 is 19.1 Å². The van der Waals surface area contributed by atoms with E-state index in [2.05, 4.69) is 15.9 Å². The van der Waals surface area contributed by atoms with E-state index in [9.17, 15) is 10.1 Å². The van der Waals surface area contributed by atoms with Gasteiger partial charge in [0.25, 0.3) is 5.69 Å². The molecule has 1 saturated carbocycles. The molecule has 142 valence electrons. The van der Waals surface area contributed by atoms with Gasteiger partial charge in [0.2, 0.25) is 0 Å². The lowest BCUT2D eigenvalue weighted by atomic mass is 10.1. The molecule has 0 N–H and O–H groups in total. The molecule has 0 atom stereocenters. The van der Waals surface area contributed by atoms with Gasteiger partial charge in [-0.15, -0.1) is 0 Å². The number of hydrogen-bond acceptors (Lipinski definition) is 5. The van der Waals surface area contributed by atoms with Crippen LogP contribution in [0.5, 0.6) is 17.2 Å². The summed E-state index contributed by atoms with van der Waals surface area (Å²) in [6, 6.07) is 10.3. The van der Waals surface area contributed by atoms with Crippen LogP contribution in [0.4, 0.5) is 5.69 Å². The molecule has 1 aliphatic carbocycles. The summed E-state index contributed by atoms with van der Waals surface area (Å²) in [5.74, 6) is 2.70. The molecule has 0 saturated heterocycles. The van der Waals surface area contributed by atoms with E-state index >= 15 is 0 Å². The van der Waals surface area contributed by atoms with E-state index in [0.717, 1.165) is 24.2 Å². The van der Waals surface area contributed by atoms with Crippen molar-refractivity contribution in [1.82, 2.24) is 0 Å². The minimum Gasteiger partial charge on any atom is -0.501 e. The van der Waals surface area contributed by atoms with E-state index in [-0.39, 0.29) is 5.69 Å². The van der Waals surface area contributed by atoms with Crippen molar-refractivity contribution >= 4 is 21.6 Å². The molecular formula is C20H20BrNO5. The molecule has 0 heterocycles. The fraction of sp³-hybridized carbons (Fsp3) is 0.300. The number of nitro groups is 1. The summed E-state index contributed by atoms with van der Waals surface area (Å²) in [4.78, 5) is 10.6. The molecule has 0 aliphatic heterocycles. The van der Waals surface area contributed by atoms with Crippen molar-refractivity contribution in [3.05, 3.63) is 69.0 Å². The molecule has 7 heteroatoms. The van der Waals surface area contributed by atoms with Gasteiger partial charge in [-0.05, 0) is 42.2 Å². The fourth-order valence-corrected chi connectivity index (χ4v) is 3.22. The molecule has 0 bridgehead atoms. The van der Waals surface area contributed by atoms with Crippen LogP contribution in [0.3, 0.4) is 0 Å². The summed E-state index contributed by atoms with van der Waals surface area (Å²) in [6.45, 7) is 0. The van der Waals surface area contributed by atoms with E-state index in [4.69, 9.17) is 14.2 Å². The molecule has 0 radical (unpaired) electrons. The molecule has 0 spiro atoms. The van der Waals surface area contributed by atoms with E-state index in [1.165, 1.54) is 17.7 Å². The predicted octanol–water partition coefficient (Wildman–Crippen LogP) is 5.53. The normalized spacial score (nSPS) is 12.5. The molecular weight excluding hydrogens is 414 g/mol. The van der Waals surface area contributed by atoms with Gasteiger partial charge >= 0.3 is 0 Å². The monoisotopic (exact) mass is 433 g/mol. The highest BCUT2D eigenvalue weighted by Gasteiger charge is 2.20. The van der Waals surface area contributed by atoms with Crippen LogP contribution in [0.1, 0.15) is 24.0 Å². The zero-order chi connectivity index (χ0) is 19.4. The number of nitro benzene ring substituents is 1. The highest BCUT2D eigenvalue weighted by Crippen LogP contribution is 2.38. The second kappa shape index (κ2) is 8.43. The van der Waals surface area contributed by atoms with Crippen molar-refractivity contribution in [2.75, 3.05) is 14.2 Å². The van der Waals surface area contributed by atoms with Gasteiger partial charge in [-0.3, -0.25) is 10.1 Å². The van der Waals surface area contributed by atoms with Crippen molar-refractivity contribution in [3.63, 3.8) is 0 Å². The molecule has 0 unspecified atom stereocenters. The second-order valence-electron chi connectivity index (χ2n) is 6.18. The number of rotatable bonds is 8. The zero-order valence-corrected chi connectivity index (χ0v) is 16.7. The van der Waals surface area contributed by atoms with Crippen LogP contribution in [0.2, 0.25) is 0 Å². The summed E-state index contributed by atoms with van der Waals surface area (Å²) >= 11 is 3.36. The second-order valence-corrected chi connectivity index (χ2v) is 6.74. The summed E-state index contributed by atoms with van der Waals surface area (Å²) < 4.78 is 17.0. The largest absolute Gasteiger partial charge is 0.501 e. The Balaban J connectivity index is 1.90. The predicted molar refractivity (Wildman–Crippen MR) is 106 cm³/mol. The molecule has 0 aromatic heterocycles. The Morgan fingerprint density at radius 1 is 1.11 bits per heavy atom. The number of hydrogen-bond donors (Lipinski definition) is 0. The van der Waals surface area contributed by atoms with E-state index in [1.54, 1.807) is 20.3 Å². The molecule has 6 nitrogen and oxygen atoms in total. The van der Waals surface area contributed by atoms with Crippen LogP contribution < -0.4 is 9.47 Å². The lowest BCUT2D eigenvalue weighted by Crippen LogP contribution is -1.98. The van der Waals surface area contributed by atoms with Gasteiger partial charge in [0.15, 0.2) is 11.5 Å². The van der Waals surface area contributed by atoms with Gasteiger partial charge in [0.05, 0.1) is 24.9 Å². The number of nitrogens with zero attached hydrogens (tertiary/aromatic N) is 1. The first-order valence-electron chi connectivity index (χ1n) is 8.48. The maximum Gasteiger partial charge on any atom is 0.270 e. The van der Waals surface area contributed by atoms with Crippen LogP contribution in [0.25, 0.3) is 0 Å². The third-order valence-electron chi connectivity index (χ3n) is 4.35. The van der Waals surface area contributed by atoms with Crippen molar-refractivity contribution in [2.45, 2.75) is 24.6 Å². The highest BCUT2D eigenvalue weighted by molar-refractivity contribution is 9.08. The van der Waals surface area contributed by atoms with Gasteiger partial charge in [-0.1, -0.05) is 22.0 Å². The molecule has 2 aromatic rings. The first-order chi connectivity index (χ1) is 13.0. The van der Waals surface area contributed by atoms with Crippen molar-refractivity contribution in [3.8, 4) is 17.2 Å². The lowest BCUT2D eigenvalue weighted by Gasteiger charge is -2.14. The van der Waals surface area contributed by atoms with Crippen LogP contribution in [-0.4, -0.2) is 19.1 Å². The number of methoxy groups -OCH3 is 2. The van der Waals surface area contributed by atoms with Gasteiger partial charge in [0, 0.05) is 29.4 Å². The number of non-ortho nitro benzene ring substituents is 1. The molecule has 27 heavy (non-hydrogen) atoms. The van der Waals surface area contributed by atoms with Crippen LogP contribution >= 0.6 is 15.9 Å². The van der Waals surface area contributed by atoms with Crippen LogP contribution in [0.15, 0.2) is 47.7 Å². The van der Waals surface area contributed by atoms with E-state index < -0.39 is 4.92 Å². The number of halogens is 1. The topological polar surface area (TPSA) is 70.8 Å². The minimum atomic E-state index is -0.422. The Kier molecular flexibility index (Phi) is 6.01. The quantitative estimate of drug-likeness (QED) is 0.237. The third kappa shape index (κ3) is 4.60. The maximum absolute atomic E-state index is 11.0. The smallest absolute Gasteiger partial charge is 0.270 e. The first kappa shape index (κ1) is 19.2. The Hall–Kier alpha value is -2.54. The van der Waals surface area contributed by atoms with Gasteiger partial charge in [-0.25, -0.2) is 0 Å². The van der Waals surface area contributed by atoms with Crippen LogP contribution in [0, 0.1) is 10.1 Å². The summed E-state index contributed by atoms with van der Waals surface area (Å²) in [6.07, 6.45) is 2.89. The number of benzene rings is 2. The summed E-state index contributed by atoms with van der Waals surface area (Å²) in [5.41, 5.74) is 3.12. The van der Waals surface area contributed by atoms with Gasteiger partial charge < -0.3 is 14.2 Å². The zero-order valence-electron chi connectivity index (χ0n) is 15.2. The van der Waals surface area contributed by atoms with Crippen molar-refractivity contribution in [2.24, 2.45) is 0 Å². The third-order valence-corrected chi connectivity index (χ3v) is 4.96. The molecule has 2 aromatic carbocycles. The number of alkyl halides is 1. The SMILES string of the molecule is COC(Cc1ccc(OC)c(Oc2ccc([N+](=O)[O-])cc2CBr)c1)=C1CC1. The van der Waals surface area contributed by atoms with Crippen LogP contribution in [-0.2, 0) is 16.5 Å². The summed E-state index contributed by atoms with van der Waals surface area (Å²) in [5, 5.41) is 11.4. The fourth-order valence-electron chi connectivity index (χ4n) is 2.78. The lowest BCUT2D eigenvalue weighted by molar-refractivity contribution is -0.384. The Bertz CT molecular complexity index is 888. The highest BCUT2D eigenvalue weighted by atomic mass is 79.9. The number of ether oxygens (including phenoxy) is 3. The van der Waals surface area contributed by atoms with E-state index in [1.807, 2.05) is 18.2 Å². The average Bonchev–Trinajstić information content (AvgIpc) is 3.51. The minimum absolute atomic E-state index is 0.0262. The van der Waals surface area contributed by atoms with E-state index in [0.29, 0.717) is 34.6 Å². The standard InChI is InChI=1S/C20H20BrNO5/c1-25-18-7-3-13(9-19(26-2)14-4-5-14)10-20(18)27-17-8-6-16(22(23)24)11-15(17)12-21/h3,6-8,10-11H,4-5,9,12H2,1-2H3. The molecule has 3 rings (SSSR count). The Morgan fingerprint density at radius 3 is 2.44 bits per heavy atom. The maximum atomic E-state index is 11.0. The number of allylic oxidation sites excluding steroid dienone is 2. The molecule has 1 aliphatic rings. The Labute approximate surface area is 166 Å². The summed E-state index contributed by atoms with van der Waals surface area (Å²) in [7, 11) is 3.27. The van der Waals surface area contributed by atoms with Gasteiger partial charge in [-0.2, -0.15) is 0 Å².